The standard InChI is InChI=1S/C17H25NO2/c1-12(2)14-6-8-15(9-7-14)16(17(19)20)18-10-4-5-13(3)11-18/h6-9,12-13,16H,4-5,10-11H2,1-3H3,(H,19,20). The summed E-state index contributed by atoms with van der Waals surface area (Å²) < 4.78 is 0. The Kier molecular flexibility index (Phi) is 4.81. The maximum Gasteiger partial charge on any atom is 0.325 e. The summed E-state index contributed by atoms with van der Waals surface area (Å²) in [5.41, 5.74) is 2.15. The fraction of sp³-hybridized carbons (Fsp3) is 0.588. The SMILES string of the molecule is CC1CCCN(C(C(=O)O)c2ccc(C(C)C)cc2)C1. The first-order valence-corrected chi connectivity index (χ1v) is 7.55. The second-order valence-corrected chi connectivity index (χ2v) is 6.30. The molecule has 0 saturated carbocycles. The Morgan fingerprint density at radius 2 is 1.85 bits per heavy atom. The van der Waals surface area contributed by atoms with Crippen molar-refractivity contribution in [3.63, 3.8) is 0 Å². The first-order valence-electron chi connectivity index (χ1n) is 7.55. The molecule has 0 aliphatic carbocycles. The summed E-state index contributed by atoms with van der Waals surface area (Å²) in [6.45, 7) is 8.26. The third kappa shape index (κ3) is 3.40. The van der Waals surface area contributed by atoms with Crippen molar-refractivity contribution in [1.82, 2.24) is 4.90 Å². The van der Waals surface area contributed by atoms with E-state index in [-0.39, 0.29) is 0 Å². The van der Waals surface area contributed by atoms with Crippen LogP contribution >= 0.6 is 0 Å². The van der Waals surface area contributed by atoms with Crippen LogP contribution < -0.4 is 0 Å². The number of benzene rings is 1. The highest BCUT2D eigenvalue weighted by Crippen LogP contribution is 2.28. The van der Waals surface area contributed by atoms with Gasteiger partial charge >= 0.3 is 5.97 Å². The molecule has 20 heavy (non-hydrogen) atoms. The molecular weight excluding hydrogens is 250 g/mol. The Morgan fingerprint density at radius 3 is 2.35 bits per heavy atom. The van der Waals surface area contributed by atoms with E-state index in [1.54, 1.807) is 0 Å². The van der Waals surface area contributed by atoms with Crippen LogP contribution in [-0.2, 0) is 4.79 Å². The molecule has 1 aromatic rings. The van der Waals surface area contributed by atoms with Gasteiger partial charge < -0.3 is 5.11 Å². The van der Waals surface area contributed by atoms with Crippen LogP contribution in [0.15, 0.2) is 24.3 Å². The third-order valence-electron chi connectivity index (χ3n) is 4.21. The number of carbonyl (C=O) groups is 1. The van der Waals surface area contributed by atoms with Crippen molar-refractivity contribution in [2.45, 2.75) is 45.6 Å². The van der Waals surface area contributed by atoms with Gasteiger partial charge in [0.05, 0.1) is 0 Å². The summed E-state index contributed by atoms with van der Waals surface area (Å²) in [7, 11) is 0. The van der Waals surface area contributed by atoms with E-state index in [1.807, 2.05) is 12.1 Å². The minimum Gasteiger partial charge on any atom is -0.480 e. The van der Waals surface area contributed by atoms with Gasteiger partial charge in [0.25, 0.3) is 0 Å². The second kappa shape index (κ2) is 6.40. The molecule has 1 aliphatic rings. The highest BCUT2D eigenvalue weighted by molar-refractivity contribution is 5.75. The van der Waals surface area contributed by atoms with Gasteiger partial charge in [-0.1, -0.05) is 45.0 Å². The molecule has 0 bridgehead atoms. The van der Waals surface area contributed by atoms with Crippen molar-refractivity contribution < 1.29 is 9.90 Å². The molecule has 1 aliphatic heterocycles. The molecule has 0 aromatic heterocycles. The summed E-state index contributed by atoms with van der Waals surface area (Å²) in [5.74, 6) is 0.319. The minimum absolute atomic E-state index is 0.474. The number of aliphatic carboxylic acids is 1. The lowest BCUT2D eigenvalue weighted by atomic mass is 9.94. The van der Waals surface area contributed by atoms with Gasteiger partial charge in [0, 0.05) is 6.54 Å². The largest absolute Gasteiger partial charge is 0.480 e. The Hall–Kier alpha value is -1.35. The number of hydrogen-bond acceptors (Lipinski definition) is 2. The maximum absolute atomic E-state index is 11.7. The molecule has 2 atom stereocenters. The number of hydrogen-bond donors (Lipinski definition) is 1. The van der Waals surface area contributed by atoms with Gasteiger partial charge in [0.1, 0.15) is 6.04 Å². The molecule has 2 unspecified atom stereocenters. The van der Waals surface area contributed by atoms with Gasteiger partial charge in [0.15, 0.2) is 0 Å². The molecule has 0 spiro atoms. The lowest BCUT2D eigenvalue weighted by Gasteiger charge is -2.35. The number of rotatable bonds is 4. The number of likely N-dealkylation sites (tertiary alicyclic amines) is 1. The van der Waals surface area contributed by atoms with Crippen molar-refractivity contribution in [2.75, 3.05) is 13.1 Å². The lowest BCUT2D eigenvalue weighted by Crippen LogP contribution is -2.40. The van der Waals surface area contributed by atoms with Crippen LogP contribution in [0.1, 0.15) is 56.7 Å². The van der Waals surface area contributed by atoms with Crippen LogP contribution in [0.3, 0.4) is 0 Å². The van der Waals surface area contributed by atoms with Gasteiger partial charge in [0.2, 0.25) is 0 Å². The van der Waals surface area contributed by atoms with Crippen molar-refractivity contribution in [2.24, 2.45) is 5.92 Å². The number of carboxylic acids is 1. The van der Waals surface area contributed by atoms with Crippen molar-refractivity contribution in [1.29, 1.82) is 0 Å². The molecule has 1 aromatic carbocycles. The van der Waals surface area contributed by atoms with E-state index in [2.05, 4.69) is 37.8 Å². The van der Waals surface area contributed by atoms with E-state index >= 15 is 0 Å². The topological polar surface area (TPSA) is 40.5 Å². The minimum atomic E-state index is -0.739. The van der Waals surface area contributed by atoms with Gasteiger partial charge in [-0.25, -0.2) is 0 Å². The Balaban J connectivity index is 2.21. The van der Waals surface area contributed by atoms with E-state index < -0.39 is 12.0 Å². The number of piperidine rings is 1. The van der Waals surface area contributed by atoms with E-state index in [9.17, 15) is 9.90 Å². The zero-order valence-electron chi connectivity index (χ0n) is 12.7. The molecule has 0 radical (unpaired) electrons. The highest BCUT2D eigenvalue weighted by atomic mass is 16.4. The monoisotopic (exact) mass is 275 g/mol. The van der Waals surface area contributed by atoms with Gasteiger partial charge in [-0.2, -0.15) is 0 Å². The van der Waals surface area contributed by atoms with Crippen LogP contribution in [-0.4, -0.2) is 29.1 Å². The van der Waals surface area contributed by atoms with Crippen LogP contribution in [0.25, 0.3) is 0 Å². The molecule has 1 heterocycles. The molecule has 0 amide bonds. The normalized spacial score (nSPS) is 21.9. The van der Waals surface area contributed by atoms with Gasteiger partial charge in [-0.3, -0.25) is 9.69 Å². The Labute approximate surface area is 121 Å². The number of carboxylic acid groups (broad SMARTS) is 1. The van der Waals surface area contributed by atoms with E-state index in [0.29, 0.717) is 11.8 Å². The predicted molar refractivity (Wildman–Crippen MR) is 80.9 cm³/mol. The first-order chi connectivity index (χ1) is 9.49. The van der Waals surface area contributed by atoms with E-state index in [1.165, 1.54) is 12.0 Å². The third-order valence-corrected chi connectivity index (χ3v) is 4.21. The predicted octanol–water partition coefficient (Wildman–Crippen LogP) is 3.67. The molecule has 3 heteroatoms. The fourth-order valence-corrected chi connectivity index (χ4v) is 3.03. The van der Waals surface area contributed by atoms with Crippen molar-refractivity contribution >= 4 is 5.97 Å². The van der Waals surface area contributed by atoms with Crippen molar-refractivity contribution in [3.8, 4) is 0 Å². The summed E-state index contributed by atoms with van der Waals surface area (Å²) >= 11 is 0. The summed E-state index contributed by atoms with van der Waals surface area (Å²) in [6.07, 6.45) is 2.30. The first kappa shape index (κ1) is 15.0. The van der Waals surface area contributed by atoms with E-state index in [0.717, 1.165) is 25.1 Å². The zero-order valence-corrected chi connectivity index (χ0v) is 12.7. The molecular formula is C17H25NO2. The quantitative estimate of drug-likeness (QED) is 0.911. The smallest absolute Gasteiger partial charge is 0.325 e. The molecule has 110 valence electrons. The van der Waals surface area contributed by atoms with Crippen LogP contribution in [0.5, 0.6) is 0 Å². The average Bonchev–Trinajstić information content (AvgIpc) is 2.39. The molecule has 1 fully saturated rings. The van der Waals surface area contributed by atoms with Crippen LogP contribution in [0.4, 0.5) is 0 Å². The van der Waals surface area contributed by atoms with Gasteiger partial charge in [-0.15, -0.1) is 0 Å². The Bertz CT molecular complexity index is 453. The molecule has 1 saturated heterocycles. The lowest BCUT2D eigenvalue weighted by molar-refractivity contribution is -0.144. The summed E-state index contributed by atoms with van der Waals surface area (Å²) in [5, 5.41) is 9.60. The Morgan fingerprint density at radius 1 is 1.25 bits per heavy atom. The average molecular weight is 275 g/mol. The second-order valence-electron chi connectivity index (χ2n) is 6.30. The summed E-state index contributed by atoms with van der Waals surface area (Å²) in [6, 6.07) is 7.58. The van der Waals surface area contributed by atoms with Crippen molar-refractivity contribution in [3.05, 3.63) is 35.4 Å². The molecule has 1 N–H and O–H groups in total. The maximum atomic E-state index is 11.7. The molecule has 2 rings (SSSR count). The number of nitrogens with zero attached hydrogens (tertiary/aromatic N) is 1. The zero-order chi connectivity index (χ0) is 14.7. The van der Waals surface area contributed by atoms with E-state index in [4.69, 9.17) is 0 Å². The summed E-state index contributed by atoms with van der Waals surface area (Å²) in [4.78, 5) is 13.8. The fourth-order valence-electron chi connectivity index (χ4n) is 3.03. The van der Waals surface area contributed by atoms with Crippen LogP contribution in [0.2, 0.25) is 0 Å². The van der Waals surface area contributed by atoms with Crippen LogP contribution in [0, 0.1) is 5.92 Å². The molecule has 3 nitrogen and oxygen atoms in total. The van der Waals surface area contributed by atoms with Gasteiger partial charge in [-0.05, 0) is 42.3 Å². The highest BCUT2D eigenvalue weighted by Gasteiger charge is 2.30.